The first-order valence-electron chi connectivity index (χ1n) is 11.4. The lowest BCUT2D eigenvalue weighted by atomic mass is 9.94. The van der Waals surface area contributed by atoms with Crippen LogP contribution >= 0.6 is 11.3 Å². The molecule has 2 fully saturated rings. The standard InChI is InChI=1S/C24H31N5O3S/c1-15-5-7-18(8-6-15)29-14-17(13-19(29)30)21(32)28-11-9-16(10-12-28)20(31)25-23-27-26-22(33-23)24(2,3)4/h5-8,16-17H,9-14H2,1-4H3,(H,25,27,31)/t17-/m0/s1. The molecule has 176 valence electrons. The molecule has 3 heterocycles. The minimum Gasteiger partial charge on any atom is -0.342 e. The van der Waals surface area contributed by atoms with Gasteiger partial charge in [-0.3, -0.25) is 14.4 Å². The van der Waals surface area contributed by atoms with Gasteiger partial charge in [0, 0.05) is 43.1 Å². The number of carbonyl (C=O) groups is 3. The summed E-state index contributed by atoms with van der Waals surface area (Å²) in [6.45, 7) is 9.64. The van der Waals surface area contributed by atoms with Gasteiger partial charge in [-0.2, -0.15) is 0 Å². The van der Waals surface area contributed by atoms with Crippen LogP contribution in [0.25, 0.3) is 0 Å². The Morgan fingerprint density at radius 1 is 1.06 bits per heavy atom. The van der Waals surface area contributed by atoms with Crippen LogP contribution in [0.4, 0.5) is 10.8 Å². The summed E-state index contributed by atoms with van der Waals surface area (Å²) in [6, 6.07) is 7.79. The first kappa shape index (κ1) is 23.4. The summed E-state index contributed by atoms with van der Waals surface area (Å²) in [5, 5.41) is 12.5. The van der Waals surface area contributed by atoms with Crippen molar-refractivity contribution in [3.63, 3.8) is 0 Å². The van der Waals surface area contributed by atoms with Gasteiger partial charge in [-0.15, -0.1) is 10.2 Å². The zero-order chi connectivity index (χ0) is 23.8. The molecule has 2 aromatic rings. The lowest BCUT2D eigenvalue weighted by Gasteiger charge is -2.32. The van der Waals surface area contributed by atoms with Crippen LogP contribution in [0, 0.1) is 18.8 Å². The molecule has 4 rings (SSSR count). The van der Waals surface area contributed by atoms with E-state index in [4.69, 9.17) is 0 Å². The van der Waals surface area contributed by atoms with Crippen LogP contribution in [0.15, 0.2) is 24.3 Å². The Morgan fingerprint density at radius 2 is 1.73 bits per heavy atom. The molecule has 1 N–H and O–H groups in total. The van der Waals surface area contributed by atoms with Gasteiger partial charge in [-0.1, -0.05) is 49.8 Å². The van der Waals surface area contributed by atoms with Gasteiger partial charge in [-0.25, -0.2) is 0 Å². The van der Waals surface area contributed by atoms with Gasteiger partial charge < -0.3 is 15.1 Å². The minimum atomic E-state index is -0.332. The van der Waals surface area contributed by atoms with Crippen molar-refractivity contribution in [2.45, 2.75) is 52.4 Å². The molecule has 2 aliphatic heterocycles. The van der Waals surface area contributed by atoms with Gasteiger partial charge >= 0.3 is 0 Å². The lowest BCUT2D eigenvalue weighted by molar-refractivity contribution is -0.138. The SMILES string of the molecule is Cc1ccc(N2C[C@@H](C(=O)N3CCC(C(=O)Nc4nnc(C(C)(C)C)s4)CC3)CC2=O)cc1. The van der Waals surface area contributed by atoms with E-state index < -0.39 is 0 Å². The highest BCUT2D eigenvalue weighted by atomic mass is 32.1. The first-order valence-corrected chi connectivity index (χ1v) is 12.2. The number of carbonyl (C=O) groups excluding carboxylic acids is 3. The van der Waals surface area contributed by atoms with E-state index in [0.29, 0.717) is 37.6 Å². The predicted molar refractivity (Wildman–Crippen MR) is 128 cm³/mol. The largest absolute Gasteiger partial charge is 0.342 e. The number of benzene rings is 1. The number of aryl methyl sites for hydroxylation is 1. The monoisotopic (exact) mass is 469 g/mol. The number of aromatic nitrogens is 2. The fourth-order valence-electron chi connectivity index (χ4n) is 4.25. The predicted octanol–water partition coefficient (Wildman–Crippen LogP) is 3.37. The number of hydrogen-bond donors (Lipinski definition) is 1. The maximum Gasteiger partial charge on any atom is 0.229 e. The van der Waals surface area contributed by atoms with Gasteiger partial charge in [0.1, 0.15) is 5.01 Å². The highest BCUT2D eigenvalue weighted by molar-refractivity contribution is 7.15. The third-order valence-corrected chi connectivity index (χ3v) is 7.56. The number of amides is 3. The summed E-state index contributed by atoms with van der Waals surface area (Å²) in [5.74, 6) is -0.569. The molecular formula is C24H31N5O3S. The van der Waals surface area contributed by atoms with E-state index in [1.165, 1.54) is 11.3 Å². The molecule has 0 unspecified atom stereocenters. The Morgan fingerprint density at radius 3 is 2.33 bits per heavy atom. The second-order valence-corrected chi connectivity index (χ2v) is 11.0. The average molecular weight is 470 g/mol. The van der Waals surface area contributed by atoms with E-state index >= 15 is 0 Å². The summed E-state index contributed by atoms with van der Waals surface area (Å²) < 4.78 is 0. The molecule has 33 heavy (non-hydrogen) atoms. The molecule has 0 radical (unpaired) electrons. The van der Waals surface area contributed by atoms with Crippen molar-refractivity contribution in [3.8, 4) is 0 Å². The summed E-state index contributed by atoms with van der Waals surface area (Å²) in [4.78, 5) is 41.8. The van der Waals surface area contributed by atoms with E-state index in [0.717, 1.165) is 16.3 Å². The first-order chi connectivity index (χ1) is 15.6. The van der Waals surface area contributed by atoms with E-state index in [-0.39, 0.29) is 41.4 Å². The molecule has 0 aliphatic carbocycles. The summed E-state index contributed by atoms with van der Waals surface area (Å²) in [7, 11) is 0. The van der Waals surface area contributed by atoms with Gasteiger partial charge in [0.05, 0.1) is 5.92 Å². The van der Waals surface area contributed by atoms with Crippen LogP contribution < -0.4 is 10.2 Å². The average Bonchev–Trinajstić information content (AvgIpc) is 3.41. The normalized spacial score (nSPS) is 19.8. The maximum atomic E-state index is 13.1. The van der Waals surface area contributed by atoms with E-state index in [1.54, 1.807) is 4.90 Å². The number of rotatable bonds is 4. The highest BCUT2D eigenvalue weighted by Crippen LogP contribution is 2.30. The smallest absolute Gasteiger partial charge is 0.229 e. The van der Waals surface area contributed by atoms with Gasteiger partial charge in [-0.05, 0) is 31.9 Å². The zero-order valence-corrected chi connectivity index (χ0v) is 20.4. The van der Waals surface area contributed by atoms with Crippen molar-refractivity contribution < 1.29 is 14.4 Å². The number of hydrogen-bond acceptors (Lipinski definition) is 6. The number of likely N-dealkylation sites (tertiary alicyclic amines) is 1. The molecule has 2 saturated heterocycles. The van der Waals surface area contributed by atoms with E-state index in [1.807, 2.05) is 36.1 Å². The molecule has 1 aromatic carbocycles. The summed E-state index contributed by atoms with van der Waals surface area (Å²) >= 11 is 1.40. The van der Waals surface area contributed by atoms with Crippen LogP contribution in [0.3, 0.4) is 0 Å². The van der Waals surface area contributed by atoms with Crippen molar-refractivity contribution in [1.82, 2.24) is 15.1 Å². The number of nitrogens with zero attached hydrogens (tertiary/aromatic N) is 4. The second-order valence-electron chi connectivity index (χ2n) is 9.99. The molecular weight excluding hydrogens is 438 g/mol. The molecule has 0 spiro atoms. The number of anilines is 2. The molecule has 1 aromatic heterocycles. The molecule has 8 nitrogen and oxygen atoms in total. The minimum absolute atomic E-state index is 0.00997. The van der Waals surface area contributed by atoms with E-state index in [2.05, 4.69) is 36.3 Å². The van der Waals surface area contributed by atoms with E-state index in [9.17, 15) is 14.4 Å². The van der Waals surface area contributed by atoms with Crippen LogP contribution in [-0.2, 0) is 19.8 Å². The van der Waals surface area contributed by atoms with Crippen LogP contribution in [0.1, 0.15) is 50.6 Å². The summed E-state index contributed by atoms with van der Waals surface area (Å²) in [5.41, 5.74) is 1.86. The third kappa shape index (κ3) is 5.24. The molecule has 1 atom stereocenters. The Balaban J connectivity index is 1.29. The van der Waals surface area contributed by atoms with Crippen LogP contribution in [0.5, 0.6) is 0 Å². The fraction of sp³-hybridized carbons (Fsp3) is 0.542. The Kier molecular flexibility index (Phi) is 6.52. The Labute approximate surface area is 198 Å². The van der Waals surface area contributed by atoms with Gasteiger partial charge in [0.25, 0.3) is 0 Å². The quantitative estimate of drug-likeness (QED) is 0.741. The van der Waals surface area contributed by atoms with Crippen LogP contribution in [-0.4, -0.2) is 52.5 Å². The molecule has 0 saturated carbocycles. The topological polar surface area (TPSA) is 95.5 Å². The zero-order valence-electron chi connectivity index (χ0n) is 19.6. The number of piperidine rings is 1. The maximum absolute atomic E-state index is 13.1. The van der Waals surface area contributed by atoms with Crippen molar-refractivity contribution in [3.05, 3.63) is 34.8 Å². The van der Waals surface area contributed by atoms with Gasteiger partial charge in [0.15, 0.2) is 0 Å². The van der Waals surface area contributed by atoms with Gasteiger partial charge in [0.2, 0.25) is 22.9 Å². The second kappa shape index (κ2) is 9.21. The fourth-order valence-corrected chi connectivity index (χ4v) is 5.06. The van der Waals surface area contributed by atoms with Crippen molar-refractivity contribution in [2.24, 2.45) is 11.8 Å². The lowest BCUT2D eigenvalue weighted by Crippen LogP contribution is -2.44. The number of nitrogens with one attached hydrogen (secondary N) is 1. The Hall–Kier alpha value is -2.81. The van der Waals surface area contributed by atoms with Crippen molar-refractivity contribution in [1.29, 1.82) is 0 Å². The Bertz CT molecular complexity index is 1040. The third-order valence-electron chi connectivity index (χ3n) is 6.29. The molecule has 3 amide bonds. The van der Waals surface area contributed by atoms with Crippen molar-refractivity contribution >= 4 is 39.9 Å². The molecule has 9 heteroatoms. The summed E-state index contributed by atoms with van der Waals surface area (Å²) in [6.07, 6.45) is 1.44. The highest BCUT2D eigenvalue weighted by Gasteiger charge is 2.38. The van der Waals surface area contributed by atoms with Crippen molar-refractivity contribution in [2.75, 3.05) is 29.9 Å². The molecule has 0 bridgehead atoms. The van der Waals surface area contributed by atoms with Crippen LogP contribution in [0.2, 0.25) is 0 Å². The molecule has 2 aliphatic rings.